The lowest BCUT2D eigenvalue weighted by molar-refractivity contribution is -0.141. The minimum atomic E-state index is -1.47. The van der Waals surface area contributed by atoms with Crippen LogP contribution in [0.15, 0.2) is 24.3 Å². The van der Waals surface area contributed by atoms with Gasteiger partial charge in [-0.15, -0.1) is 0 Å². The van der Waals surface area contributed by atoms with Gasteiger partial charge < -0.3 is 14.6 Å². The van der Waals surface area contributed by atoms with E-state index in [0.29, 0.717) is 26.1 Å². The third-order valence-electron chi connectivity index (χ3n) is 5.42. The number of carbonyl (C=O) groups excluding carboxylic acids is 1. The number of carbonyl (C=O) groups is 1. The van der Waals surface area contributed by atoms with Crippen LogP contribution in [0.3, 0.4) is 0 Å². The molecule has 2 unspecified atom stereocenters. The van der Waals surface area contributed by atoms with E-state index < -0.39 is 19.3 Å². The Kier molecular flexibility index (Phi) is 5.21. The first-order chi connectivity index (χ1) is 12.4. The van der Waals surface area contributed by atoms with E-state index in [-0.39, 0.29) is 18.2 Å². The van der Waals surface area contributed by atoms with Crippen LogP contribution in [0.25, 0.3) is 0 Å². The number of piperidine rings is 1. The second kappa shape index (κ2) is 6.90. The zero-order valence-corrected chi connectivity index (χ0v) is 18.4. The molecule has 2 fully saturated rings. The van der Waals surface area contributed by atoms with Crippen LogP contribution in [0, 0.1) is 0 Å². The lowest BCUT2D eigenvalue weighted by Gasteiger charge is -2.51. The molecule has 2 saturated heterocycles. The summed E-state index contributed by atoms with van der Waals surface area (Å²) in [6.07, 6.45) is 0.634. The van der Waals surface area contributed by atoms with Gasteiger partial charge in [-0.25, -0.2) is 4.79 Å². The van der Waals surface area contributed by atoms with E-state index in [1.54, 1.807) is 4.90 Å². The monoisotopic (exact) mass is 391 g/mol. The summed E-state index contributed by atoms with van der Waals surface area (Å²) in [5.41, 5.74) is -0.512. The molecule has 5 nitrogen and oxygen atoms in total. The van der Waals surface area contributed by atoms with E-state index in [9.17, 15) is 9.90 Å². The fourth-order valence-corrected chi connectivity index (χ4v) is 5.28. The second-order valence-corrected chi connectivity index (χ2v) is 15.1. The molecule has 6 heteroatoms. The average molecular weight is 392 g/mol. The maximum atomic E-state index is 12.7. The van der Waals surface area contributed by atoms with Gasteiger partial charge in [0.25, 0.3) is 0 Å². The maximum absolute atomic E-state index is 12.7. The van der Waals surface area contributed by atoms with Gasteiger partial charge in [-0.05, 0) is 26.3 Å². The van der Waals surface area contributed by atoms with Gasteiger partial charge in [0, 0.05) is 12.8 Å². The summed E-state index contributed by atoms with van der Waals surface area (Å²) in [6, 6.07) is 8.06. The van der Waals surface area contributed by atoms with Crippen LogP contribution in [0.1, 0.15) is 39.2 Å². The molecule has 0 radical (unpaired) electrons. The van der Waals surface area contributed by atoms with Crippen LogP contribution in [0.5, 0.6) is 0 Å². The highest BCUT2D eigenvalue weighted by Gasteiger charge is 2.50. The summed E-state index contributed by atoms with van der Waals surface area (Å²) in [6.45, 7) is 13.4. The Hall–Kier alpha value is -1.37. The van der Waals surface area contributed by atoms with E-state index >= 15 is 0 Å². The van der Waals surface area contributed by atoms with Crippen LogP contribution < -0.4 is 5.19 Å². The molecular formula is C21H33NO4Si. The first-order valence-corrected chi connectivity index (χ1v) is 13.3. The van der Waals surface area contributed by atoms with Crippen LogP contribution in [-0.2, 0) is 15.1 Å². The number of hydrogen-bond donors (Lipinski definition) is 1. The number of benzene rings is 1. The van der Waals surface area contributed by atoms with Crippen molar-refractivity contribution in [1.82, 2.24) is 4.90 Å². The molecule has 2 atom stereocenters. The van der Waals surface area contributed by atoms with Gasteiger partial charge in [0.05, 0.1) is 39.0 Å². The van der Waals surface area contributed by atoms with Crippen molar-refractivity contribution >= 4 is 19.4 Å². The molecule has 2 bridgehead atoms. The topological polar surface area (TPSA) is 59.0 Å². The lowest BCUT2D eigenvalue weighted by Crippen LogP contribution is -2.63. The average Bonchev–Trinajstić information content (AvgIpc) is 2.51. The van der Waals surface area contributed by atoms with Gasteiger partial charge >= 0.3 is 6.09 Å². The maximum Gasteiger partial charge on any atom is 0.410 e. The molecule has 150 valence electrons. The smallest absolute Gasteiger partial charge is 0.410 e. The van der Waals surface area contributed by atoms with Crippen molar-refractivity contribution in [3.63, 3.8) is 0 Å². The zero-order chi connectivity index (χ0) is 20.0. The summed E-state index contributed by atoms with van der Waals surface area (Å²) in [7, 11) is -1.47. The number of hydrogen-bond acceptors (Lipinski definition) is 4. The number of amides is 1. The molecule has 3 rings (SSSR count). The number of fused-ring (bicyclic) bond motifs is 2. The minimum absolute atomic E-state index is 0.173. The number of aliphatic hydroxyl groups is 1. The fraction of sp³-hybridized carbons (Fsp3) is 0.667. The van der Waals surface area contributed by atoms with Crippen molar-refractivity contribution in [3.8, 4) is 0 Å². The molecule has 1 aromatic rings. The molecule has 0 saturated carbocycles. The van der Waals surface area contributed by atoms with Crippen LogP contribution >= 0.6 is 0 Å². The summed E-state index contributed by atoms with van der Waals surface area (Å²) < 4.78 is 11.3. The van der Waals surface area contributed by atoms with Gasteiger partial charge in [-0.2, -0.15) is 0 Å². The molecule has 2 aliphatic rings. The summed E-state index contributed by atoms with van der Waals surface area (Å²) in [5, 5.41) is 12.9. The van der Waals surface area contributed by atoms with Gasteiger partial charge in [-0.3, -0.25) is 4.90 Å². The third-order valence-corrected chi connectivity index (χ3v) is 7.47. The predicted octanol–water partition coefficient (Wildman–Crippen LogP) is 3.22. The van der Waals surface area contributed by atoms with Crippen molar-refractivity contribution in [2.24, 2.45) is 0 Å². The first-order valence-electron chi connectivity index (χ1n) is 9.81. The molecule has 1 aromatic carbocycles. The molecule has 2 heterocycles. The van der Waals surface area contributed by atoms with E-state index in [1.807, 2.05) is 32.9 Å². The lowest BCUT2D eigenvalue weighted by atomic mass is 9.77. The quantitative estimate of drug-likeness (QED) is 0.787. The molecule has 27 heavy (non-hydrogen) atoms. The SMILES string of the molecule is CC(C)(C)OC(=O)N1C2COCC1CC(O)(c1cccc([Si](C)(C)C)c1)C2. The number of rotatable bonds is 2. The van der Waals surface area contributed by atoms with Gasteiger partial charge in [0.1, 0.15) is 5.60 Å². The summed E-state index contributed by atoms with van der Waals surface area (Å²) >= 11 is 0. The highest BCUT2D eigenvalue weighted by atomic mass is 28.3. The molecule has 1 N–H and O–H groups in total. The van der Waals surface area contributed by atoms with Gasteiger partial charge in [0.2, 0.25) is 0 Å². The van der Waals surface area contributed by atoms with Crippen LogP contribution in [0.4, 0.5) is 4.79 Å². The van der Waals surface area contributed by atoms with E-state index in [0.717, 1.165) is 5.56 Å². The fourth-order valence-electron chi connectivity index (χ4n) is 4.10. The normalized spacial score (nSPS) is 28.8. The van der Waals surface area contributed by atoms with Crippen LogP contribution in [0.2, 0.25) is 19.6 Å². The Labute approximate surface area is 163 Å². The minimum Gasteiger partial charge on any atom is -0.444 e. The summed E-state index contributed by atoms with van der Waals surface area (Å²) in [4.78, 5) is 14.5. The Morgan fingerprint density at radius 2 is 1.81 bits per heavy atom. The second-order valence-electron chi connectivity index (χ2n) is 10.0. The Morgan fingerprint density at radius 1 is 1.22 bits per heavy atom. The summed E-state index contributed by atoms with van der Waals surface area (Å²) in [5.74, 6) is 0. The van der Waals surface area contributed by atoms with E-state index in [1.165, 1.54) is 5.19 Å². The van der Waals surface area contributed by atoms with Crippen molar-refractivity contribution in [3.05, 3.63) is 29.8 Å². The molecule has 0 aliphatic carbocycles. The number of ether oxygens (including phenoxy) is 2. The van der Waals surface area contributed by atoms with Crippen molar-refractivity contribution < 1.29 is 19.4 Å². The van der Waals surface area contributed by atoms with Crippen LogP contribution in [-0.4, -0.2) is 55.1 Å². The Balaban J connectivity index is 1.86. The number of morpholine rings is 1. The zero-order valence-electron chi connectivity index (χ0n) is 17.4. The highest BCUT2D eigenvalue weighted by molar-refractivity contribution is 6.88. The third kappa shape index (κ3) is 4.38. The predicted molar refractivity (Wildman–Crippen MR) is 109 cm³/mol. The number of nitrogens with zero attached hydrogens (tertiary/aromatic N) is 1. The van der Waals surface area contributed by atoms with E-state index in [2.05, 4.69) is 31.8 Å². The Morgan fingerprint density at radius 3 is 2.33 bits per heavy atom. The largest absolute Gasteiger partial charge is 0.444 e. The van der Waals surface area contributed by atoms with Gasteiger partial charge in [0.15, 0.2) is 0 Å². The Bertz CT molecular complexity index is 693. The molecule has 1 amide bonds. The first kappa shape index (κ1) is 20.4. The van der Waals surface area contributed by atoms with Crippen molar-refractivity contribution in [1.29, 1.82) is 0 Å². The van der Waals surface area contributed by atoms with Crippen molar-refractivity contribution in [2.75, 3.05) is 13.2 Å². The molecule has 2 aliphatic heterocycles. The standard InChI is InChI=1S/C21H33NO4Si/c1-20(2,3)26-19(23)22-16-11-21(24,12-17(22)14-25-13-16)15-8-7-9-18(10-15)27(4,5)6/h7-10,16-17,24H,11-14H2,1-6H3. The van der Waals surface area contributed by atoms with Crippen molar-refractivity contribution in [2.45, 2.75) is 76.5 Å². The molecular weight excluding hydrogens is 358 g/mol. The van der Waals surface area contributed by atoms with E-state index in [4.69, 9.17) is 9.47 Å². The highest BCUT2D eigenvalue weighted by Crippen LogP contribution is 2.41. The molecule has 0 spiro atoms. The molecule has 0 aromatic heterocycles. The van der Waals surface area contributed by atoms with Gasteiger partial charge in [-0.1, -0.05) is 49.1 Å².